The van der Waals surface area contributed by atoms with Crippen molar-refractivity contribution < 1.29 is 14.7 Å². The van der Waals surface area contributed by atoms with Crippen molar-refractivity contribution in [2.24, 2.45) is 0 Å². The lowest BCUT2D eigenvalue weighted by atomic mass is 10.2. The normalized spacial score (nSPS) is 18.7. The van der Waals surface area contributed by atoms with Crippen LogP contribution in [-0.4, -0.2) is 43.0 Å². The van der Waals surface area contributed by atoms with Crippen molar-refractivity contribution in [2.75, 3.05) is 30.8 Å². The first-order valence-electron chi connectivity index (χ1n) is 6.04. The van der Waals surface area contributed by atoms with Gasteiger partial charge in [0.1, 0.15) is 5.00 Å². The highest BCUT2D eigenvalue weighted by atomic mass is 32.1. The molecule has 0 aliphatic carbocycles. The maximum Gasteiger partial charge on any atom is 0.256 e. The van der Waals surface area contributed by atoms with Crippen LogP contribution in [0.4, 0.5) is 10.7 Å². The Labute approximate surface area is 115 Å². The summed E-state index contributed by atoms with van der Waals surface area (Å²) in [4.78, 5) is 25.8. The number of aliphatic hydroxyl groups excluding tert-OH is 1. The van der Waals surface area contributed by atoms with Crippen LogP contribution in [0.15, 0.2) is 0 Å². The van der Waals surface area contributed by atoms with E-state index in [1.165, 1.54) is 25.3 Å². The molecule has 7 heteroatoms. The van der Waals surface area contributed by atoms with Gasteiger partial charge in [-0.15, -0.1) is 11.3 Å². The zero-order chi connectivity index (χ0) is 14.2. The molecule has 1 atom stereocenters. The zero-order valence-electron chi connectivity index (χ0n) is 10.9. The summed E-state index contributed by atoms with van der Waals surface area (Å²) in [5.41, 5.74) is 6.49. The number of nitrogen functional groups attached to an aromatic ring is 1. The van der Waals surface area contributed by atoms with Gasteiger partial charge in [-0.2, -0.15) is 0 Å². The van der Waals surface area contributed by atoms with Crippen LogP contribution < -0.4 is 16.0 Å². The van der Waals surface area contributed by atoms with E-state index < -0.39 is 6.10 Å². The maximum absolute atomic E-state index is 11.9. The smallest absolute Gasteiger partial charge is 0.256 e. The average molecular weight is 283 g/mol. The van der Waals surface area contributed by atoms with Gasteiger partial charge in [-0.25, -0.2) is 0 Å². The Bertz CT molecular complexity index is 527. The Morgan fingerprint density at radius 1 is 1.53 bits per heavy atom. The van der Waals surface area contributed by atoms with Crippen LogP contribution in [0, 0.1) is 0 Å². The summed E-state index contributed by atoms with van der Waals surface area (Å²) in [6.07, 6.45) is 0.252. The Balaban J connectivity index is 2.49. The molecule has 0 bridgehead atoms. The molecule has 1 unspecified atom stereocenters. The molecule has 2 heterocycles. The lowest BCUT2D eigenvalue weighted by molar-refractivity contribution is 0.0964. The number of carbonyl (C=O) groups excluding carboxylic acids is 2. The predicted octanol–water partition coefficient (Wildman–Crippen LogP) is 0.463. The lowest BCUT2D eigenvalue weighted by Crippen LogP contribution is -2.25. The standard InChI is InChI=1S/C12H17N3O3S/c1-6(16)10-9(13)8(11(18)14-2)12(19-10)15-4-3-7(17)5-15/h7,17H,3-5,13H2,1-2H3,(H,14,18). The van der Waals surface area contributed by atoms with E-state index in [0.29, 0.717) is 35.0 Å². The summed E-state index contributed by atoms with van der Waals surface area (Å²) >= 11 is 1.22. The number of carbonyl (C=O) groups is 2. The van der Waals surface area contributed by atoms with Gasteiger partial charge >= 0.3 is 0 Å². The van der Waals surface area contributed by atoms with Crippen LogP contribution in [0.1, 0.15) is 33.4 Å². The number of Topliss-reactive ketones (excluding diaryl/α,β-unsaturated/α-hetero) is 1. The molecule has 19 heavy (non-hydrogen) atoms. The number of nitrogens with one attached hydrogen (secondary N) is 1. The third-order valence-electron chi connectivity index (χ3n) is 3.15. The average Bonchev–Trinajstić information content (AvgIpc) is 2.92. The van der Waals surface area contributed by atoms with E-state index in [2.05, 4.69) is 5.32 Å². The van der Waals surface area contributed by atoms with Gasteiger partial charge in [0.15, 0.2) is 5.78 Å². The highest BCUT2D eigenvalue weighted by Crippen LogP contribution is 2.39. The molecule has 0 radical (unpaired) electrons. The Kier molecular flexibility index (Phi) is 3.77. The molecule has 1 amide bonds. The monoisotopic (exact) mass is 283 g/mol. The summed E-state index contributed by atoms with van der Waals surface area (Å²) in [6, 6.07) is 0. The second-order valence-corrected chi connectivity index (χ2v) is 5.55. The molecule has 0 aromatic carbocycles. The van der Waals surface area contributed by atoms with E-state index >= 15 is 0 Å². The molecule has 2 rings (SSSR count). The van der Waals surface area contributed by atoms with Gasteiger partial charge < -0.3 is 21.1 Å². The maximum atomic E-state index is 11.9. The summed E-state index contributed by atoms with van der Waals surface area (Å²) in [6.45, 7) is 2.54. The molecule has 0 saturated carbocycles. The van der Waals surface area contributed by atoms with Crippen LogP contribution in [0.2, 0.25) is 0 Å². The van der Waals surface area contributed by atoms with Gasteiger partial charge in [-0.3, -0.25) is 9.59 Å². The highest BCUT2D eigenvalue weighted by Gasteiger charge is 2.30. The van der Waals surface area contributed by atoms with E-state index in [4.69, 9.17) is 5.73 Å². The van der Waals surface area contributed by atoms with Crippen molar-refractivity contribution >= 4 is 33.7 Å². The number of nitrogens with two attached hydrogens (primary N) is 1. The minimum absolute atomic E-state index is 0.154. The highest BCUT2D eigenvalue weighted by molar-refractivity contribution is 7.19. The van der Waals surface area contributed by atoms with E-state index in [1.54, 1.807) is 0 Å². The van der Waals surface area contributed by atoms with Crippen LogP contribution in [-0.2, 0) is 0 Å². The fourth-order valence-electron chi connectivity index (χ4n) is 2.19. The molecule has 1 aromatic heterocycles. The van der Waals surface area contributed by atoms with Gasteiger partial charge in [0.25, 0.3) is 5.91 Å². The minimum atomic E-state index is -0.401. The van der Waals surface area contributed by atoms with E-state index in [1.807, 2.05) is 4.90 Å². The second kappa shape index (κ2) is 5.18. The molecule has 1 aromatic rings. The number of hydrogen-bond donors (Lipinski definition) is 3. The lowest BCUT2D eigenvalue weighted by Gasteiger charge is -2.17. The van der Waals surface area contributed by atoms with Gasteiger partial charge in [-0.05, 0) is 6.42 Å². The summed E-state index contributed by atoms with van der Waals surface area (Å²) in [7, 11) is 1.52. The molecule has 1 aliphatic rings. The number of nitrogens with zero attached hydrogens (tertiary/aromatic N) is 1. The third-order valence-corrected chi connectivity index (χ3v) is 4.52. The largest absolute Gasteiger partial charge is 0.397 e. The number of amides is 1. The van der Waals surface area contributed by atoms with Crippen molar-refractivity contribution in [1.29, 1.82) is 0 Å². The number of ketones is 1. The molecular weight excluding hydrogens is 266 g/mol. The van der Waals surface area contributed by atoms with Crippen LogP contribution in [0.5, 0.6) is 0 Å². The molecular formula is C12H17N3O3S. The van der Waals surface area contributed by atoms with Gasteiger partial charge in [-0.1, -0.05) is 0 Å². The zero-order valence-corrected chi connectivity index (χ0v) is 11.7. The first-order chi connectivity index (χ1) is 8.95. The Morgan fingerprint density at radius 3 is 2.68 bits per heavy atom. The summed E-state index contributed by atoms with van der Waals surface area (Å²) < 4.78 is 0. The van der Waals surface area contributed by atoms with Gasteiger partial charge in [0.05, 0.1) is 22.2 Å². The van der Waals surface area contributed by atoms with E-state index in [0.717, 1.165) is 0 Å². The Morgan fingerprint density at radius 2 is 2.21 bits per heavy atom. The molecule has 1 aliphatic heterocycles. The minimum Gasteiger partial charge on any atom is -0.397 e. The molecule has 6 nitrogen and oxygen atoms in total. The topological polar surface area (TPSA) is 95.7 Å². The first-order valence-corrected chi connectivity index (χ1v) is 6.85. The van der Waals surface area contributed by atoms with Crippen LogP contribution in [0.25, 0.3) is 0 Å². The van der Waals surface area contributed by atoms with Crippen molar-refractivity contribution in [1.82, 2.24) is 5.32 Å². The summed E-state index contributed by atoms with van der Waals surface area (Å²) in [5, 5.41) is 12.8. The number of aliphatic hydroxyl groups is 1. The number of rotatable bonds is 3. The van der Waals surface area contributed by atoms with Gasteiger partial charge in [0, 0.05) is 27.1 Å². The quantitative estimate of drug-likeness (QED) is 0.701. The molecule has 4 N–H and O–H groups in total. The number of hydrogen-bond acceptors (Lipinski definition) is 6. The third kappa shape index (κ3) is 2.43. The van der Waals surface area contributed by atoms with Crippen molar-refractivity contribution in [3.8, 4) is 0 Å². The van der Waals surface area contributed by atoms with E-state index in [9.17, 15) is 14.7 Å². The fourth-order valence-corrected chi connectivity index (χ4v) is 3.34. The number of anilines is 2. The molecule has 104 valence electrons. The van der Waals surface area contributed by atoms with Crippen LogP contribution in [0.3, 0.4) is 0 Å². The molecule has 1 saturated heterocycles. The van der Waals surface area contributed by atoms with E-state index in [-0.39, 0.29) is 17.4 Å². The fraction of sp³-hybridized carbons (Fsp3) is 0.500. The number of thiophene rings is 1. The van der Waals surface area contributed by atoms with Crippen molar-refractivity contribution in [3.05, 3.63) is 10.4 Å². The van der Waals surface area contributed by atoms with Gasteiger partial charge in [0.2, 0.25) is 0 Å². The summed E-state index contributed by atoms with van der Waals surface area (Å²) in [5.74, 6) is -0.462. The van der Waals surface area contributed by atoms with Crippen molar-refractivity contribution in [3.63, 3.8) is 0 Å². The first kappa shape index (κ1) is 13.8. The molecule has 0 spiro atoms. The number of β-amino-alcohol motifs (C(OH)–C–C–N with tert-alkyl or cyclic N) is 1. The van der Waals surface area contributed by atoms with Crippen molar-refractivity contribution in [2.45, 2.75) is 19.4 Å². The molecule has 1 fully saturated rings. The van der Waals surface area contributed by atoms with Crippen LogP contribution >= 0.6 is 11.3 Å². The predicted molar refractivity (Wildman–Crippen MR) is 75.0 cm³/mol. The Hall–Kier alpha value is -1.60. The SMILES string of the molecule is CNC(=O)c1c(N2CCC(O)C2)sc(C(C)=O)c1N. The second-order valence-electron chi connectivity index (χ2n) is 4.55.